The average molecular weight is 298 g/mol. The predicted octanol–water partition coefficient (Wildman–Crippen LogP) is 2.45. The minimum Gasteiger partial charge on any atom is -0.494 e. The average Bonchev–Trinajstić information content (AvgIpc) is 2.56. The van der Waals surface area contributed by atoms with Crippen molar-refractivity contribution < 1.29 is 9.53 Å². The molecule has 4 nitrogen and oxygen atoms in total. The maximum atomic E-state index is 12.2. The number of carbonyl (C=O) groups is 1. The third-order valence-corrected chi connectivity index (χ3v) is 3.46. The molecule has 1 amide bonds. The van der Waals surface area contributed by atoms with Crippen LogP contribution < -0.4 is 15.8 Å². The molecule has 3 N–H and O–H groups in total. The summed E-state index contributed by atoms with van der Waals surface area (Å²) in [7, 11) is 0. The lowest BCUT2D eigenvalue weighted by Gasteiger charge is -2.24. The van der Waals surface area contributed by atoms with Crippen molar-refractivity contribution in [2.24, 2.45) is 5.73 Å². The lowest BCUT2D eigenvalue weighted by atomic mass is 9.92. The molecule has 0 aliphatic carbocycles. The highest BCUT2D eigenvalue weighted by molar-refractivity contribution is 5.86. The van der Waals surface area contributed by atoms with Crippen LogP contribution in [0.15, 0.2) is 60.7 Å². The van der Waals surface area contributed by atoms with Crippen molar-refractivity contribution in [3.05, 3.63) is 66.2 Å². The van der Waals surface area contributed by atoms with E-state index in [9.17, 15) is 4.79 Å². The predicted molar refractivity (Wildman–Crippen MR) is 87.5 cm³/mol. The van der Waals surface area contributed by atoms with Crippen LogP contribution >= 0.6 is 0 Å². The quantitative estimate of drug-likeness (QED) is 0.772. The molecule has 4 heteroatoms. The SMILES string of the molecule is CC(N)(C(=O)NCCCOc1ccccc1)c1ccccc1. The summed E-state index contributed by atoms with van der Waals surface area (Å²) < 4.78 is 5.58. The van der Waals surface area contributed by atoms with E-state index in [4.69, 9.17) is 10.5 Å². The van der Waals surface area contributed by atoms with E-state index in [1.165, 1.54) is 0 Å². The first-order valence-corrected chi connectivity index (χ1v) is 7.41. The highest BCUT2D eigenvalue weighted by Crippen LogP contribution is 2.17. The summed E-state index contributed by atoms with van der Waals surface area (Å²) in [6, 6.07) is 19.0. The van der Waals surface area contributed by atoms with Crippen molar-refractivity contribution in [1.82, 2.24) is 5.32 Å². The molecule has 2 aromatic rings. The van der Waals surface area contributed by atoms with E-state index in [-0.39, 0.29) is 5.91 Å². The maximum absolute atomic E-state index is 12.2. The summed E-state index contributed by atoms with van der Waals surface area (Å²) in [5, 5.41) is 2.86. The van der Waals surface area contributed by atoms with Crippen LogP contribution in [-0.4, -0.2) is 19.1 Å². The standard InChI is InChI=1S/C18H22N2O2/c1-18(19,15-9-4-2-5-10-15)17(21)20-13-8-14-22-16-11-6-3-7-12-16/h2-7,9-12H,8,13-14,19H2,1H3,(H,20,21). The molecule has 0 fully saturated rings. The third kappa shape index (κ3) is 4.33. The minimum atomic E-state index is -1.03. The van der Waals surface area contributed by atoms with E-state index in [2.05, 4.69) is 5.32 Å². The Balaban J connectivity index is 1.73. The number of hydrogen-bond donors (Lipinski definition) is 2. The van der Waals surface area contributed by atoms with Gasteiger partial charge in [-0.1, -0.05) is 48.5 Å². The summed E-state index contributed by atoms with van der Waals surface area (Å²) in [5.41, 5.74) is 5.92. The van der Waals surface area contributed by atoms with E-state index in [1.54, 1.807) is 6.92 Å². The number of ether oxygens (including phenoxy) is 1. The number of carbonyl (C=O) groups excluding carboxylic acids is 1. The van der Waals surface area contributed by atoms with Gasteiger partial charge in [-0.2, -0.15) is 0 Å². The van der Waals surface area contributed by atoms with Crippen molar-refractivity contribution in [3.8, 4) is 5.75 Å². The Kier molecular flexibility index (Phi) is 5.55. The Hall–Kier alpha value is -2.33. The first-order chi connectivity index (χ1) is 10.6. The number of nitrogens with two attached hydrogens (primary N) is 1. The van der Waals surface area contributed by atoms with Crippen LogP contribution in [0.1, 0.15) is 18.9 Å². The van der Waals surface area contributed by atoms with Gasteiger partial charge in [0.2, 0.25) is 5.91 Å². The number of hydrogen-bond acceptors (Lipinski definition) is 3. The van der Waals surface area contributed by atoms with Gasteiger partial charge in [0.1, 0.15) is 11.3 Å². The molecule has 0 aliphatic heterocycles. The van der Waals surface area contributed by atoms with Crippen LogP contribution in [0.5, 0.6) is 5.75 Å². The van der Waals surface area contributed by atoms with Gasteiger partial charge in [-0.25, -0.2) is 0 Å². The van der Waals surface area contributed by atoms with Gasteiger partial charge in [0.25, 0.3) is 0 Å². The van der Waals surface area contributed by atoms with Gasteiger partial charge in [0.15, 0.2) is 0 Å². The Morgan fingerprint density at radius 3 is 2.32 bits per heavy atom. The van der Waals surface area contributed by atoms with Gasteiger partial charge in [0.05, 0.1) is 6.61 Å². The number of amides is 1. The molecule has 0 radical (unpaired) electrons. The van der Waals surface area contributed by atoms with Crippen LogP contribution in [0.25, 0.3) is 0 Å². The van der Waals surface area contributed by atoms with Gasteiger partial charge in [0, 0.05) is 6.54 Å². The monoisotopic (exact) mass is 298 g/mol. The van der Waals surface area contributed by atoms with Gasteiger partial charge >= 0.3 is 0 Å². The second-order valence-electron chi connectivity index (χ2n) is 5.34. The number of nitrogens with one attached hydrogen (secondary N) is 1. The Labute approximate surface area is 131 Å². The van der Waals surface area contributed by atoms with E-state index < -0.39 is 5.54 Å². The second kappa shape index (κ2) is 7.61. The summed E-state index contributed by atoms with van der Waals surface area (Å²) in [6.07, 6.45) is 0.728. The van der Waals surface area contributed by atoms with E-state index in [0.717, 1.165) is 17.7 Å². The maximum Gasteiger partial charge on any atom is 0.244 e. The van der Waals surface area contributed by atoms with E-state index in [0.29, 0.717) is 13.2 Å². The molecule has 0 spiro atoms. The zero-order chi connectivity index (χ0) is 15.8. The molecule has 0 saturated carbocycles. The zero-order valence-corrected chi connectivity index (χ0v) is 12.8. The van der Waals surface area contributed by atoms with Crippen LogP contribution in [-0.2, 0) is 10.3 Å². The third-order valence-electron chi connectivity index (χ3n) is 3.46. The first-order valence-electron chi connectivity index (χ1n) is 7.41. The fraction of sp³-hybridized carbons (Fsp3) is 0.278. The van der Waals surface area contributed by atoms with E-state index in [1.807, 2.05) is 60.7 Å². The molecular weight excluding hydrogens is 276 g/mol. The molecule has 2 rings (SSSR count). The molecule has 0 saturated heterocycles. The fourth-order valence-electron chi connectivity index (χ4n) is 2.08. The molecule has 0 bridgehead atoms. The van der Waals surface area contributed by atoms with E-state index >= 15 is 0 Å². The molecule has 0 aliphatic rings. The van der Waals surface area contributed by atoms with Crippen LogP contribution in [0, 0.1) is 0 Å². The topological polar surface area (TPSA) is 64.4 Å². The molecule has 2 aromatic carbocycles. The van der Waals surface area contributed by atoms with Gasteiger partial charge in [-0.15, -0.1) is 0 Å². The Morgan fingerprint density at radius 1 is 1.09 bits per heavy atom. The van der Waals surface area contributed by atoms with Crippen LogP contribution in [0.3, 0.4) is 0 Å². The highest BCUT2D eigenvalue weighted by Gasteiger charge is 2.29. The highest BCUT2D eigenvalue weighted by atomic mass is 16.5. The summed E-state index contributed by atoms with van der Waals surface area (Å²) >= 11 is 0. The van der Waals surface area contributed by atoms with Crippen LogP contribution in [0.2, 0.25) is 0 Å². The van der Waals surface area contributed by atoms with Gasteiger partial charge in [-0.05, 0) is 31.0 Å². The van der Waals surface area contributed by atoms with Crippen molar-refractivity contribution in [2.45, 2.75) is 18.9 Å². The zero-order valence-electron chi connectivity index (χ0n) is 12.8. The van der Waals surface area contributed by atoms with Gasteiger partial charge < -0.3 is 15.8 Å². The molecule has 116 valence electrons. The number of benzene rings is 2. The number of rotatable bonds is 7. The molecule has 0 heterocycles. The molecule has 1 unspecified atom stereocenters. The normalized spacial score (nSPS) is 13.2. The summed E-state index contributed by atoms with van der Waals surface area (Å²) in [6.45, 7) is 2.81. The first kappa shape index (κ1) is 16.0. The molecule has 22 heavy (non-hydrogen) atoms. The lowest BCUT2D eigenvalue weighted by molar-refractivity contribution is -0.126. The molecule has 0 aromatic heterocycles. The second-order valence-corrected chi connectivity index (χ2v) is 5.34. The molecular formula is C18H22N2O2. The largest absolute Gasteiger partial charge is 0.494 e. The smallest absolute Gasteiger partial charge is 0.244 e. The Bertz CT molecular complexity index is 583. The summed E-state index contributed by atoms with van der Waals surface area (Å²) in [4.78, 5) is 12.2. The van der Waals surface area contributed by atoms with Crippen molar-refractivity contribution >= 4 is 5.91 Å². The van der Waals surface area contributed by atoms with Gasteiger partial charge in [-0.3, -0.25) is 4.79 Å². The van der Waals surface area contributed by atoms with Crippen molar-refractivity contribution in [1.29, 1.82) is 0 Å². The van der Waals surface area contributed by atoms with Crippen molar-refractivity contribution in [2.75, 3.05) is 13.2 Å². The minimum absolute atomic E-state index is 0.182. The summed E-state index contributed by atoms with van der Waals surface area (Å²) in [5.74, 6) is 0.653. The molecule has 1 atom stereocenters. The fourth-order valence-corrected chi connectivity index (χ4v) is 2.08. The van der Waals surface area contributed by atoms with Crippen LogP contribution in [0.4, 0.5) is 0 Å². The lowest BCUT2D eigenvalue weighted by Crippen LogP contribution is -2.49. The number of para-hydroxylation sites is 1. The Morgan fingerprint density at radius 2 is 1.68 bits per heavy atom. The van der Waals surface area contributed by atoms with Crippen molar-refractivity contribution in [3.63, 3.8) is 0 Å².